The van der Waals surface area contributed by atoms with Crippen molar-refractivity contribution in [2.75, 3.05) is 30.4 Å². The van der Waals surface area contributed by atoms with Crippen LogP contribution in [-0.2, 0) is 4.79 Å². The summed E-state index contributed by atoms with van der Waals surface area (Å²) in [5.41, 5.74) is 1.31. The Bertz CT molecular complexity index is 838. The number of amides is 2. The second-order valence-electron chi connectivity index (χ2n) is 5.78. The molecule has 142 valence electrons. The molecule has 0 aliphatic heterocycles. The highest BCUT2D eigenvalue weighted by Crippen LogP contribution is 2.23. The lowest BCUT2D eigenvalue weighted by Crippen LogP contribution is -2.32. The summed E-state index contributed by atoms with van der Waals surface area (Å²) in [5.74, 6) is -0.404. The van der Waals surface area contributed by atoms with Crippen LogP contribution in [-0.4, -0.2) is 36.9 Å². The zero-order valence-corrected chi connectivity index (χ0v) is 15.3. The second-order valence-corrected chi connectivity index (χ2v) is 5.78. The summed E-state index contributed by atoms with van der Waals surface area (Å²) >= 11 is 0. The van der Waals surface area contributed by atoms with E-state index in [0.717, 1.165) is 0 Å². The van der Waals surface area contributed by atoms with Gasteiger partial charge in [0, 0.05) is 32.6 Å². The number of rotatable bonds is 8. The maximum Gasteiger partial charge on any atom is 0.292 e. The van der Waals surface area contributed by atoms with Gasteiger partial charge in [0.1, 0.15) is 5.69 Å². The molecule has 0 aliphatic rings. The lowest BCUT2D eigenvalue weighted by Gasteiger charge is -2.20. The van der Waals surface area contributed by atoms with Gasteiger partial charge in [0.05, 0.1) is 16.2 Å². The van der Waals surface area contributed by atoms with Gasteiger partial charge in [-0.3, -0.25) is 19.7 Å². The number of nitro benzene ring substituents is 1. The molecule has 0 heterocycles. The summed E-state index contributed by atoms with van der Waals surface area (Å²) in [6.07, 6.45) is 0.340. The Balaban J connectivity index is 1.97. The van der Waals surface area contributed by atoms with Gasteiger partial charge in [0.25, 0.3) is 11.6 Å². The molecular weight excluding hydrogens is 348 g/mol. The van der Waals surface area contributed by atoms with Crippen molar-refractivity contribution in [1.82, 2.24) is 5.32 Å². The van der Waals surface area contributed by atoms with E-state index in [4.69, 9.17) is 0 Å². The van der Waals surface area contributed by atoms with Crippen LogP contribution < -0.4 is 15.5 Å². The molecule has 0 aromatic heterocycles. The monoisotopic (exact) mass is 370 g/mol. The summed E-state index contributed by atoms with van der Waals surface area (Å²) in [5, 5.41) is 16.7. The molecule has 0 saturated carbocycles. The number of nitrogens with zero attached hydrogens (tertiary/aromatic N) is 2. The van der Waals surface area contributed by atoms with Crippen LogP contribution in [0.1, 0.15) is 23.7 Å². The molecular formula is C19H22N4O4. The van der Waals surface area contributed by atoms with Crippen LogP contribution in [0, 0.1) is 10.1 Å². The summed E-state index contributed by atoms with van der Waals surface area (Å²) < 4.78 is 0. The molecule has 0 saturated heterocycles. The van der Waals surface area contributed by atoms with E-state index in [2.05, 4.69) is 10.6 Å². The fourth-order valence-electron chi connectivity index (χ4n) is 2.58. The van der Waals surface area contributed by atoms with Crippen molar-refractivity contribution in [3.8, 4) is 0 Å². The quantitative estimate of drug-likeness (QED) is 0.422. The fraction of sp³-hybridized carbons (Fsp3) is 0.263. The van der Waals surface area contributed by atoms with Gasteiger partial charge in [-0.1, -0.05) is 31.2 Å². The van der Waals surface area contributed by atoms with Crippen molar-refractivity contribution in [1.29, 1.82) is 0 Å². The minimum Gasteiger partial charge on any atom is -0.378 e. The second kappa shape index (κ2) is 9.33. The lowest BCUT2D eigenvalue weighted by atomic mass is 10.1. The molecule has 0 atom stereocenters. The molecule has 8 heteroatoms. The number of nitrogens with one attached hydrogen (secondary N) is 2. The highest BCUT2D eigenvalue weighted by atomic mass is 16.6. The number of para-hydroxylation sites is 3. The number of nitro groups is 1. The van der Waals surface area contributed by atoms with E-state index >= 15 is 0 Å². The Morgan fingerprint density at radius 2 is 1.74 bits per heavy atom. The highest BCUT2D eigenvalue weighted by molar-refractivity contribution is 6.04. The first-order valence-electron chi connectivity index (χ1n) is 8.56. The van der Waals surface area contributed by atoms with Gasteiger partial charge in [-0.25, -0.2) is 0 Å². The van der Waals surface area contributed by atoms with Gasteiger partial charge < -0.3 is 15.5 Å². The normalized spacial score (nSPS) is 10.1. The highest BCUT2D eigenvalue weighted by Gasteiger charge is 2.17. The fourth-order valence-corrected chi connectivity index (χ4v) is 2.58. The first-order chi connectivity index (χ1) is 13.0. The zero-order valence-electron chi connectivity index (χ0n) is 15.3. The number of carbonyl (C=O) groups is 2. The van der Waals surface area contributed by atoms with Gasteiger partial charge in [0.15, 0.2) is 0 Å². The predicted octanol–water partition coefficient (Wildman–Crippen LogP) is 2.81. The number of benzene rings is 2. The van der Waals surface area contributed by atoms with Crippen molar-refractivity contribution < 1.29 is 14.5 Å². The Morgan fingerprint density at radius 3 is 2.44 bits per heavy atom. The third-order valence-electron chi connectivity index (χ3n) is 4.01. The maximum absolute atomic E-state index is 12.5. The summed E-state index contributed by atoms with van der Waals surface area (Å²) in [4.78, 5) is 36.4. The topological polar surface area (TPSA) is 105 Å². The van der Waals surface area contributed by atoms with Crippen molar-refractivity contribution in [2.24, 2.45) is 0 Å². The molecule has 2 amide bonds. The third-order valence-corrected chi connectivity index (χ3v) is 4.01. The Kier molecular flexibility index (Phi) is 6.87. The largest absolute Gasteiger partial charge is 0.378 e. The predicted molar refractivity (Wildman–Crippen MR) is 104 cm³/mol. The molecule has 0 aliphatic carbocycles. The average Bonchev–Trinajstić information content (AvgIpc) is 2.70. The number of anilines is 2. The van der Waals surface area contributed by atoms with E-state index in [1.54, 1.807) is 56.4 Å². The first kappa shape index (κ1) is 19.9. The molecule has 2 aromatic rings. The maximum atomic E-state index is 12.5. The number of hydrogen-bond acceptors (Lipinski definition) is 5. The minimum absolute atomic E-state index is 0.0196. The van der Waals surface area contributed by atoms with Crippen molar-refractivity contribution in [3.63, 3.8) is 0 Å². The number of carbonyl (C=O) groups excluding carboxylic acids is 2. The molecule has 2 aromatic carbocycles. The van der Waals surface area contributed by atoms with Crippen LogP contribution in [0.25, 0.3) is 0 Å². The van der Waals surface area contributed by atoms with Crippen LogP contribution in [0.4, 0.5) is 17.1 Å². The Hall–Kier alpha value is -3.42. The Labute approximate surface area is 157 Å². The minimum atomic E-state index is -0.461. The number of hydrogen-bond donors (Lipinski definition) is 2. The zero-order chi connectivity index (χ0) is 19.8. The lowest BCUT2D eigenvalue weighted by molar-refractivity contribution is -0.384. The Morgan fingerprint density at radius 1 is 1.07 bits per heavy atom. The van der Waals surface area contributed by atoms with Gasteiger partial charge in [-0.2, -0.15) is 0 Å². The SMILES string of the molecule is CCC(=O)N(C)c1ccccc1C(=O)NCCNc1ccccc1[N+](=O)[O-]. The van der Waals surface area contributed by atoms with Crippen LogP contribution in [0.3, 0.4) is 0 Å². The van der Waals surface area contributed by atoms with E-state index in [9.17, 15) is 19.7 Å². The standard InChI is InChI=1S/C19H22N4O4/c1-3-18(24)22(2)16-10-6-4-8-14(16)19(25)21-13-12-20-15-9-5-7-11-17(15)23(26)27/h4-11,20H,3,12-13H2,1-2H3,(H,21,25). The van der Waals surface area contributed by atoms with E-state index in [-0.39, 0.29) is 24.0 Å². The van der Waals surface area contributed by atoms with Crippen molar-refractivity contribution in [3.05, 3.63) is 64.2 Å². The van der Waals surface area contributed by atoms with Crippen molar-refractivity contribution in [2.45, 2.75) is 13.3 Å². The summed E-state index contributed by atoms with van der Waals surface area (Å²) in [6.45, 7) is 2.35. The molecule has 0 spiro atoms. The summed E-state index contributed by atoms with van der Waals surface area (Å²) in [6, 6.07) is 13.2. The van der Waals surface area contributed by atoms with Crippen LogP contribution in [0.2, 0.25) is 0 Å². The molecule has 0 bridgehead atoms. The molecule has 2 N–H and O–H groups in total. The molecule has 0 unspecified atom stereocenters. The van der Waals surface area contributed by atoms with Crippen LogP contribution in [0.15, 0.2) is 48.5 Å². The van der Waals surface area contributed by atoms with Gasteiger partial charge in [0.2, 0.25) is 5.91 Å². The van der Waals surface area contributed by atoms with Gasteiger partial charge in [-0.15, -0.1) is 0 Å². The first-order valence-corrected chi connectivity index (χ1v) is 8.56. The van der Waals surface area contributed by atoms with Crippen LogP contribution in [0.5, 0.6) is 0 Å². The average molecular weight is 370 g/mol. The molecule has 0 fully saturated rings. The third kappa shape index (κ3) is 5.04. The van der Waals surface area contributed by atoms with E-state index < -0.39 is 4.92 Å². The van der Waals surface area contributed by atoms with E-state index in [1.807, 2.05) is 0 Å². The van der Waals surface area contributed by atoms with Crippen molar-refractivity contribution >= 4 is 28.9 Å². The van der Waals surface area contributed by atoms with Gasteiger partial charge in [-0.05, 0) is 18.2 Å². The smallest absolute Gasteiger partial charge is 0.292 e. The molecule has 27 heavy (non-hydrogen) atoms. The summed E-state index contributed by atoms with van der Waals surface area (Å²) in [7, 11) is 1.63. The molecule has 8 nitrogen and oxygen atoms in total. The van der Waals surface area contributed by atoms with Gasteiger partial charge >= 0.3 is 0 Å². The van der Waals surface area contributed by atoms with E-state index in [0.29, 0.717) is 29.9 Å². The van der Waals surface area contributed by atoms with E-state index in [1.165, 1.54) is 11.0 Å². The molecule has 0 radical (unpaired) electrons. The van der Waals surface area contributed by atoms with Crippen LogP contribution >= 0.6 is 0 Å². The molecule has 2 rings (SSSR count).